The Morgan fingerprint density at radius 1 is 1.12 bits per heavy atom. The van der Waals surface area contributed by atoms with Crippen LogP contribution in [0.2, 0.25) is 0 Å². The second kappa shape index (κ2) is 7.99. The monoisotopic (exact) mass is 478 g/mol. The number of anilines is 3. The number of likely N-dealkylation sites (tertiary alicyclic amines) is 1. The lowest BCUT2D eigenvalue weighted by atomic mass is 9.72. The Morgan fingerprint density at radius 3 is 2.65 bits per heavy atom. The van der Waals surface area contributed by atoms with E-state index < -0.39 is 5.82 Å². The van der Waals surface area contributed by atoms with Crippen molar-refractivity contribution < 1.29 is 4.39 Å². The Hall–Kier alpha value is -3.11. The molecule has 0 aliphatic carbocycles. The van der Waals surface area contributed by atoms with E-state index in [1.165, 1.54) is 30.6 Å². The number of hydrogen-bond donors (Lipinski definition) is 1. The van der Waals surface area contributed by atoms with Gasteiger partial charge in [0, 0.05) is 37.6 Å². The van der Waals surface area contributed by atoms with Crippen molar-refractivity contribution in [3.63, 3.8) is 0 Å². The fraction of sp³-hybridized carbons (Fsp3) is 0.417. The van der Waals surface area contributed by atoms with Crippen LogP contribution in [0.4, 0.5) is 21.8 Å². The highest BCUT2D eigenvalue weighted by molar-refractivity contribution is 7.21. The summed E-state index contributed by atoms with van der Waals surface area (Å²) in [6.07, 6.45) is 4.89. The Labute approximate surface area is 201 Å². The van der Waals surface area contributed by atoms with Crippen molar-refractivity contribution in [1.29, 1.82) is 0 Å². The molecule has 6 heterocycles. The smallest absolute Gasteiger partial charge is 0.229 e. The zero-order valence-corrected chi connectivity index (χ0v) is 20.3. The summed E-state index contributed by atoms with van der Waals surface area (Å²) in [5.74, 6) is 0.478. The third kappa shape index (κ3) is 3.61. The molecule has 0 radical (unpaired) electrons. The minimum Gasteiger partial charge on any atom is -0.369 e. The molecule has 34 heavy (non-hydrogen) atoms. The molecule has 176 valence electrons. The van der Waals surface area contributed by atoms with Crippen LogP contribution in [0.3, 0.4) is 0 Å². The van der Waals surface area contributed by atoms with E-state index in [0.29, 0.717) is 17.2 Å². The molecule has 0 unspecified atom stereocenters. The number of thiophene rings is 1. The number of halogens is 1. The molecule has 1 N–H and O–H groups in total. The molecule has 0 saturated carbocycles. The molecule has 0 atom stereocenters. The normalized spacial score (nSPS) is 17.4. The molecule has 2 aliphatic heterocycles. The lowest BCUT2D eigenvalue weighted by molar-refractivity contribution is -0.0178. The first-order chi connectivity index (χ1) is 16.4. The number of pyridine rings is 1. The molecule has 0 bridgehead atoms. The van der Waals surface area contributed by atoms with Gasteiger partial charge in [-0.3, -0.25) is 0 Å². The average molecular weight is 479 g/mol. The van der Waals surface area contributed by atoms with Gasteiger partial charge in [0.2, 0.25) is 5.95 Å². The molecular formula is C24H27FN8S. The van der Waals surface area contributed by atoms with Crippen LogP contribution >= 0.6 is 11.3 Å². The van der Waals surface area contributed by atoms with Crippen molar-refractivity contribution in [2.24, 2.45) is 5.41 Å². The summed E-state index contributed by atoms with van der Waals surface area (Å²) in [7, 11) is 0. The zero-order chi connectivity index (χ0) is 23.4. The number of imidazole rings is 1. The van der Waals surface area contributed by atoms with E-state index in [9.17, 15) is 4.39 Å². The van der Waals surface area contributed by atoms with E-state index in [0.717, 1.165) is 40.5 Å². The lowest BCUT2D eigenvalue weighted by Crippen LogP contribution is -2.72. The third-order valence-electron chi connectivity index (χ3n) is 6.75. The van der Waals surface area contributed by atoms with Crippen LogP contribution in [0.15, 0.2) is 36.9 Å². The highest BCUT2D eigenvalue weighted by Crippen LogP contribution is 2.41. The van der Waals surface area contributed by atoms with E-state index in [-0.39, 0.29) is 11.7 Å². The largest absolute Gasteiger partial charge is 0.369 e. The first kappa shape index (κ1) is 21.4. The number of rotatable bonds is 6. The van der Waals surface area contributed by atoms with E-state index in [2.05, 4.69) is 66.5 Å². The highest BCUT2D eigenvalue weighted by Gasteiger charge is 2.51. The van der Waals surface area contributed by atoms with Gasteiger partial charge in [-0.25, -0.2) is 24.3 Å². The van der Waals surface area contributed by atoms with Gasteiger partial charge < -0.3 is 19.7 Å². The first-order valence-electron chi connectivity index (χ1n) is 11.6. The number of hydrogen-bond acceptors (Lipinski definition) is 8. The predicted octanol–water partition coefficient (Wildman–Crippen LogP) is 4.56. The van der Waals surface area contributed by atoms with Gasteiger partial charge in [-0.05, 0) is 38.6 Å². The summed E-state index contributed by atoms with van der Waals surface area (Å²) in [6.45, 7) is 12.1. The van der Waals surface area contributed by atoms with Crippen molar-refractivity contribution >= 4 is 39.1 Å². The second-order valence-electron chi connectivity index (χ2n) is 9.62. The fourth-order valence-corrected chi connectivity index (χ4v) is 6.14. The maximum absolute atomic E-state index is 14.6. The van der Waals surface area contributed by atoms with Crippen LogP contribution in [0.1, 0.15) is 26.8 Å². The molecule has 0 amide bonds. The maximum Gasteiger partial charge on any atom is 0.229 e. The third-order valence-corrected chi connectivity index (χ3v) is 7.90. The molecule has 4 aromatic heterocycles. The van der Waals surface area contributed by atoms with Crippen molar-refractivity contribution in [3.05, 3.63) is 42.7 Å². The fourth-order valence-electron chi connectivity index (χ4n) is 4.94. The van der Waals surface area contributed by atoms with E-state index >= 15 is 0 Å². The quantitative estimate of drug-likeness (QED) is 0.436. The molecule has 10 heteroatoms. The van der Waals surface area contributed by atoms with Crippen molar-refractivity contribution in [1.82, 2.24) is 29.4 Å². The Morgan fingerprint density at radius 2 is 1.94 bits per heavy atom. The van der Waals surface area contributed by atoms with Crippen molar-refractivity contribution in [3.8, 4) is 10.6 Å². The molecule has 8 nitrogen and oxygen atoms in total. The summed E-state index contributed by atoms with van der Waals surface area (Å²) in [4.78, 5) is 24.1. The topological polar surface area (TPSA) is 75.0 Å². The summed E-state index contributed by atoms with van der Waals surface area (Å²) < 4.78 is 16.7. The van der Waals surface area contributed by atoms with Crippen LogP contribution in [0.5, 0.6) is 0 Å². The molecule has 6 rings (SSSR count). The molecule has 2 fully saturated rings. The number of nitrogens with zero attached hydrogens (tertiary/aromatic N) is 7. The Balaban J connectivity index is 1.16. The molecule has 4 aromatic rings. The van der Waals surface area contributed by atoms with Crippen LogP contribution in [-0.2, 0) is 0 Å². The molecular weight excluding hydrogens is 451 g/mol. The summed E-state index contributed by atoms with van der Waals surface area (Å²) in [6, 6.07) is 6.13. The molecule has 0 aromatic carbocycles. The minimum atomic E-state index is -0.460. The standard InChI is InChI=1S/C24H27FN8S/c1-4-31-10-24(11-31)12-32(13-24)16-5-6-20(26-8-16)29-23-27-9-17(25)21(30-23)19-7-18-22(34-19)33(14-28-18)15(2)3/h5-9,14-15H,4,10-13H2,1-3H3,(H,26,27,29,30). The molecule has 2 aliphatic rings. The van der Waals surface area contributed by atoms with Crippen LogP contribution < -0.4 is 10.2 Å². The predicted molar refractivity (Wildman–Crippen MR) is 133 cm³/mol. The van der Waals surface area contributed by atoms with Gasteiger partial charge in [0.15, 0.2) is 5.82 Å². The van der Waals surface area contributed by atoms with Gasteiger partial charge in [-0.1, -0.05) is 6.92 Å². The zero-order valence-electron chi connectivity index (χ0n) is 19.5. The minimum absolute atomic E-state index is 0.264. The second-order valence-corrected chi connectivity index (χ2v) is 10.7. The van der Waals surface area contributed by atoms with Gasteiger partial charge in [0.05, 0.1) is 29.3 Å². The first-order valence-corrected chi connectivity index (χ1v) is 12.4. The van der Waals surface area contributed by atoms with E-state index in [4.69, 9.17) is 0 Å². The van der Waals surface area contributed by atoms with Crippen molar-refractivity contribution in [2.75, 3.05) is 42.9 Å². The molecule has 2 saturated heterocycles. The Kier molecular flexibility index (Phi) is 5.03. The van der Waals surface area contributed by atoms with E-state index in [1.807, 2.05) is 24.7 Å². The summed E-state index contributed by atoms with van der Waals surface area (Å²) >= 11 is 1.48. The van der Waals surface area contributed by atoms with Gasteiger partial charge in [-0.2, -0.15) is 0 Å². The van der Waals surface area contributed by atoms with Crippen LogP contribution in [0, 0.1) is 11.2 Å². The average Bonchev–Trinajstić information content (AvgIpc) is 3.35. The summed E-state index contributed by atoms with van der Waals surface area (Å²) in [5.41, 5.74) is 2.70. The SMILES string of the molecule is CCN1CC2(C1)CN(c1ccc(Nc3ncc(F)c(-c4cc5ncn(C(C)C)c5s4)n3)nc1)C2. The number of aromatic nitrogens is 5. The van der Waals surface area contributed by atoms with Gasteiger partial charge in [-0.15, -0.1) is 11.3 Å². The van der Waals surface area contributed by atoms with Crippen LogP contribution in [-0.4, -0.2) is 62.1 Å². The highest BCUT2D eigenvalue weighted by atomic mass is 32.1. The van der Waals surface area contributed by atoms with Gasteiger partial charge in [0.25, 0.3) is 0 Å². The maximum atomic E-state index is 14.6. The number of nitrogens with one attached hydrogen (secondary N) is 1. The lowest BCUT2D eigenvalue weighted by Gasteiger charge is -2.61. The molecule has 1 spiro atoms. The van der Waals surface area contributed by atoms with Crippen molar-refractivity contribution in [2.45, 2.75) is 26.8 Å². The van der Waals surface area contributed by atoms with Gasteiger partial charge >= 0.3 is 0 Å². The Bertz CT molecular complexity index is 1330. The summed E-state index contributed by atoms with van der Waals surface area (Å²) in [5, 5.41) is 3.11. The number of fused-ring (bicyclic) bond motifs is 1. The van der Waals surface area contributed by atoms with E-state index in [1.54, 1.807) is 0 Å². The van der Waals surface area contributed by atoms with Crippen LogP contribution in [0.25, 0.3) is 20.9 Å². The van der Waals surface area contributed by atoms with Gasteiger partial charge in [0.1, 0.15) is 21.9 Å².